The highest BCUT2D eigenvalue weighted by atomic mass is 19.4. The molecule has 1 aliphatic rings. The van der Waals surface area contributed by atoms with Crippen molar-refractivity contribution in [2.24, 2.45) is 0 Å². The molecule has 0 aliphatic carbocycles. The number of aromatic carboxylic acids is 1. The quantitative estimate of drug-likeness (QED) is 0.824. The van der Waals surface area contributed by atoms with Gasteiger partial charge in [-0.3, -0.25) is 0 Å². The van der Waals surface area contributed by atoms with Crippen molar-refractivity contribution in [1.82, 2.24) is 9.78 Å². The van der Waals surface area contributed by atoms with Crippen molar-refractivity contribution < 1.29 is 31.9 Å². The standard InChI is InChI=1S/C10H10F5N3O2/c1-4-2-6(9(11,12)10(13,14)15)18-7(16-4)3-5(17-18)8(19)20/h3-4,6,16H,2H2,1H3,(H,19,20)/t4-,6-/m1/s1. The third kappa shape index (κ3) is 2.18. The number of nitrogens with one attached hydrogen (secondary N) is 1. The van der Waals surface area contributed by atoms with Crippen molar-refractivity contribution in [2.75, 3.05) is 5.32 Å². The molecule has 1 aliphatic heterocycles. The molecule has 0 saturated heterocycles. The van der Waals surface area contributed by atoms with Gasteiger partial charge >= 0.3 is 18.1 Å². The topological polar surface area (TPSA) is 67.2 Å². The Morgan fingerprint density at radius 1 is 1.45 bits per heavy atom. The van der Waals surface area contributed by atoms with Gasteiger partial charge in [0.05, 0.1) is 0 Å². The second-order valence-corrected chi connectivity index (χ2v) is 4.58. The van der Waals surface area contributed by atoms with Crippen LogP contribution in [0.5, 0.6) is 0 Å². The maximum Gasteiger partial charge on any atom is 0.455 e. The molecule has 1 aromatic heterocycles. The summed E-state index contributed by atoms with van der Waals surface area (Å²) < 4.78 is 64.9. The molecular formula is C10H10F5N3O2. The number of halogens is 5. The van der Waals surface area contributed by atoms with Gasteiger partial charge in [-0.05, 0) is 13.3 Å². The van der Waals surface area contributed by atoms with Gasteiger partial charge in [-0.1, -0.05) is 0 Å². The molecule has 5 nitrogen and oxygen atoms in total. The lowest BCUT2D eigenvalue weighted by Gasteiger charge is -2.35. The molecule has 10 heteroatoms. The molecule has 2 heterocycles. The first kappa shape index (κ1) is 14.5. The number of anilines is 1. The fraction of sp³-hybridized carbons (Fsp3) is 0.600. The van der Waals surface area contributed by atoms with E-state index in [-0.39, 0.29) is 5.82 Å². The van der Waals surface area contributed by atoms with Crippen LogP contribution >= 0.6 is 0 Å². The summed E-state index contributed by atoms with van der Waals surface area (Å²) in [6.07, 6.45) is -6.26. The van der Waals surface area contributed by atoms with E-state index in [9.17, 15) is 26.7 Å². The van der Waals surface area contributed by atoms with Crippen molar-refractivity contribution in [1.29, 1.82) is 0 Å². The number of aromatic nitrogens is 2. The van der Waals surface area contributed by atoms with Crippen molar-refractivity contribution in [3.05, 3.63) is 11.8 Å². The number of nitrogens with zero attached hydrogens (tertiary/aromatic N) is 2. The van der Waals surface area contributed by atoms with E-state index >= 15 is 0 Å². The van der Waals surface area contributed by atoms with E-state index in [1.54, 1.807) is 0 Å². The molecule has 1 aromatic rings. The minimum atomic E-state index is -5.73. The summed E-state index contributed by atoms with van der Waals surface area (Å²) in [6.45, 7) is 1.43. The summed E-state index contributed by atoms with van der Waals surface area (Å²) in [4.78, 5) is 10.7. The van der Waals surface area contributed by atoms with Crippen LogP contribution in [0, 0.1) is 0 Å². The van der Waals surface area contributed by atoms with Crippen molar-refractivity contribution in [3.63, 3.8) is 0 Å². The second kappa shape index (κ2) is 4.32. The van der Waals surface area contributed by atoms with Crippen molar-refractivity contribution in [2.45, 2.75) is 37.5 Å². The minimum absolute atomic E-state index is 0.171. The van der Waals surface area contributed by atoms with Gasteiger partial charge in [0.1, 0.15) is 11.9 Å². The molecule has 0 bridgehead atoms. The summed E-state index contributed by atoms with van der Waals surface area (Å²) in [5.74, 6) is -6.68. The number of carbonyl (C=O) groups is 1. The number of carboxylic acids is 1. The highest BCUT2D eigenvalue weighted by Gasteiger charge is 2.64. The van der Waals surface area contributed by atoms with Gasteiger partial charge in [0.25, 0.3) is 0 Å². The zero-order valence-corrected chi connectivity index (χ0v) is 10.1. The van der Waals surface area contributed by atoms with E-state index in [0.29, 0.717) is 4.68 Å². The summed E-state index contributed by atoms with van der Waals surface area (Å²) in [6, 6.07) is -2.02. The SMILES string of the molecule is C[C@@H]1C[C@H](C(F)(F)C(F)(F)F)n2nc(C(=O)O)cc2N1. The predicted molar refractivity (Wildman–Crippen MR) is 56.9 cm³/mol. The lowest BCUT2D eigenvalue weighted by molar-refractivity contribution is -0.301. The lowest BCUT2D eigenvalue weighted by Crippen LogP contribution is -2.48. The molecule has 0 unspecified atom stereocenters. The number of carboxylic acid groups (broad SMARTS) is 1. The van der Waals surface area contributed by atoms with Gasteiger partial charge in [-0.15, -0.1) is 0 Å². The van der Waals surface area contributed by atoms with Crippen molar-refractivity contribution in [3.8, 4) is 0 Å². The Bertz CT molecular complexity index is 539. The van der Waals surface area contributed by atoms with Gasteiger partial charge in [-0.25, -0.2) is 9.48 Å². The van der Waals surface area contributed by atoms with Crippen LogP contribution in [-0.2, 0) is 0 Å². The molecule has 0 spiro atoms. The Hall–Kier alpha value is -1.87. The van der Waals surface area contributed by atoms with Crippen LogP contribution in [0.25, 0.3) is 0 Å². The number of rotatable bonds is 2. The largest absolute Gasteiger partial charge is 0.476 e. The number of hydrogen-bond donors (Lipinski definition) is 2. The van der Waals surface area contributed by atoms with E-state index in [2.05, 4.69) is 10.4 Å². The first-order valence-corrected chi connectivity index (χ1v) is 5.58. The zero-order chi connectivity index (χ0) is 15.3. The molecule has 112 valence electrons. The van der Waals surface area contributed by atoms with E-state index in [4.69, 9.17) is 5.11 Å². The van der Waals surface area contributed by atoms with Crippen LogP contribution in [0.1, 0.15) is 29.9 Å². The number of alkyl halides is 5. The first-order chi connectivity index (χ1) is 9.04. The molecule has 0 fully saturated rings. The van der Waals surface area contributed by atoms with Crippen molar-refractivity contribution >= 4 is 11.8 Å². The molecule has 0 radical (unpaired) electrons. The molecule has 0 aromatic carbocycles. The zero-order valence-electron chi connectivity index (χ0n) is 10.1. The number of fused-ring (bicyclic) bond motifs is 1. The third-order valence-electron chi connectivity index (χ3n) is 3.02. The Labute approximate surface area is 109 Å². The van der Waals surface area contributed by atoms with Crippen LogP contribution in [0.4, 0.5) is 27.8 Å². The minimum Gasteiger partial charge on any atom is -0.476 e. The van der Waals surface area contributed by atoms with E-state index in [1.165, 1.54) is 6.92 Å². The summed E-state index contributed by atoms with van der Waals surface area (Å²) in [7, 11) is 0. The molecule has 0 amide bonds. The normalized spacial score (nSPS) is 23.1. The maximum atomic E-state index is 13.5. The van der Waals surface area contributed by atoms with Gasteiger partial charge < -0.3 is 10.4 Å². The van der Waals surface area contributed by atoms with Crippen LogP contribution in [0.3, 0.4) is 0 Å². The Morgan fingerprint density at radius 3 is 2.55 bits per heavy atom. The summed E-state index contributed by atoms with van der Waals surface area (Å²) in [5, 5.41) is 14.7. The highest BCUT2D eigenvalue weighted by molar-refractivity contribution is 5.86. The fourth-order valence-corrected chi connectivity index (χ4v) is 2.08. The molecular weight excluding hydrogens is 289 g/mol. The van der Waals surface area contributed by atoms with Crippen LogP contribution < -0.4 is 5.32 Å². The molecule has 0 saturated carbocycles. The smallest absolute Gasteiger partial charge is 0.455 e. The molecule has 2 rings (SSSR count). The molecule has 20 heavy (non-hydrogen) atoms. The van der Waals surface area contributed by atoms with E-state index < -0.39 is 42.3 Å². The van der Waals surface area contributed by atoms with Crippen LogP contribution in [0.2, 0.25) is 0 Å². The molecule has 2 atom stereocenters. The number of hydrogen-bond acceptors (Lipinski definition) is 3. The first-order valence-electron chi connectivity index (χ1n) is 5.58. The van der Waals surface area contributed by atoms with Crippen LogP contribution in [0.15, 0.2) is 6.07 Å². The van der Waals surface area contributed by atoms with E-state index in [1.807, 2.05) is 0 Å². The molecule has 2 N–H and O–H groups in total. The monoisotopic (exact) mass is 299 g/mol. The van der Waals surface area contributed by atoms with Gasteiger partial charge in [0.2, 0.25) is 0 Å². The average molecular weight is 299 g/mol. The summed E-state index contributed by atoms with van der Waals surface area (Å²) >= 11 is 0. The Kier molecular flexibility index (Phi) is 3.14. The van der Waals surface area contributed by atoms with Gasteiger partial charge in [0.15, 0.2) is 5.69 Å². The third-order valence-corrected chi connectivity index (χ3v) is 3.02. The predicted octanol–water partition coefficient (Wildman–Crippen LogP) is 2.52. The maximum absolute atomic E-state index is 13.5. The second-order valence-electron chi connectivity index (χ2n) is 4.58. The summed E-state index contributed by atoms with van der Waals surface area (Å²) in [5.41, 5.74) is -0.593. The average Bonchev–Trinajstić information content (AvgIpc) is 2.69. The lowest BCUT2D eigenvalue weighted by atomic mass is 9.99. The van der Waals surface area contributed by atoms with Gasteiger partial charge in [0, 0.05) is 12.1 Å². The Balaban J connectivity index is 2.50. The van der Waals surface area contributed by atoms with Gasteiger partial charge in [-0.2, -0.15) is 27.1 Å². The van der Waals surface area contributed by atoms with Crippen LogP contribution in [-0.4, -0.2) is 39.0 Å². The Morgan fingerprint density at radius 2 is 2.05 bits per heavy atom. The highest BCUT2D eigenvalue weighted by Crippen LogP contribution is 2.47. The fourth-order valence-electron chi connectivity index (χ4n) is 2.08. The van der Waals surface area contributed by atoms with E-state index in [0.717, 1.165) is 6.07 Å².